The first kappa shape index (κ1) is 13.6. The number of rotatable bonds is 4. The molecule has 1 aromatic carbocycles. The van der Waals surface area contributed by atoms with Crippen molar-refractivity contribution >= 4 is 11.7 Å². The molecule has 5 heteroatoms. The van der Waals surface area contributed by atoms with Crippen LogP contribution in [0.5, 0.6) is 0 Å². The standard InChI is InChI=1S/C15H13N3O2/c1-20-15(19)13-6-7-17-10-14(13)18-9-12-4-2-11(8-16)3-5-12/h2-7,10,18H,9H2,1H3. The lowest BCUT2D eigenvalue weighted by Gasteiger charge is -2.10. The molecule has 20 heavy (non-hydrogen) atoms. The molecule has 1 heterocycles. The number of hydrogen-bond acceptors (Lipinski definition) is 5. The van der Waals surface area contributed by atoms with Gasteiger partial charge >= 0.3 is 5.97 Å². The van der Waals surface area contributed by atoms with Crippen LogP contribution in [0.3, 0.4) is 0 Å². The van der Waals surface area contributed by atoms with E-state index in [1.807, 2.05) is 12.1 Å². The molecule has 1 N–H and O–H groups in total. The Morgan fingerprint density at radius 2 is 2.10 bits per heavy atom. The summed E-state index contributed by atoms with van der Waals surface area (Å²) < 4.78 is 4.72. The quantitative estimate of drug-likeness (QED) is 0.861. The summed E-state index contributed by atoms with van der Waals surface area (Å²) in [5.74, 6) is -0.408. The highest BCUT2D eigenvalue weighted by molar-refractivity contribution is 5.95. The first-order valence-corrected chi connectivity index (χ1v) is 6.00. The van der Waals surface area contributed by atoms with Crippen LogP contribution in [0.2, 0.25) is 0 Å². The third-order valence-corrected chi connectivity index (χ3v) is 2.79. The molecule has 0 amide bonds. The van der Waals surface area contributed by atoms with Gasteiger partial charge in [0.25, 0.3) is 0 Å². The number of carbonyl (C=O) groups excluding carboxylic acids is 1. The maximum atomic E-state index is 11.6. The lowest BCUT2D eigenvalue weighted by atomic mass is 10.1. The van der Waals surface area contributed by atoms with Gasteiger partial charge in [-0.15, -0.1) is 0 Å². The number of benzene rings is 1. The van der Waals surface area contributed by atoms with Crippen molar-refractivity contribution in [3.63, 3.8) is 0 Å². The zero-order chi connectivity index (χ0) is 14.4. The van der Waals surface area contributed by atoms with Crippen molar-refractivity contribution < 1.29 is 9.53 Å². The van der Waals surface area contributed by atoms with Crippen LogP contribution in [0.1, 0.15) is 21.5 Å². The van der Waals surface area contributed by atoms with Gasteiger partial charge in [0.05, 0.1) is 36.2 Å². The van der Waals surface area contributed by atoms with Crippen molar-refractivity contribution in [2.75, 3.05) is 12.4 Å². The van der Waals surface area contributed by atoms with Gasteiger partial charge in [0.2, 0.25) is 0 Å². The summed E-state index contributed by atoms with van der Waals surface area (Å²) in [4.78, 5) is 15.6. The topological polar surface area (TPSA) is 75.0 Å². The van der Waals surface area contributed by atoms with Gasteiger partial charge in [-0.25, -0.2) is 4.79 Å². The van der Waals surface area contributed by atoms with Gasteiger partial charge in [-0.3, -0.25) is 4.98 Å². The van der Waals surface area contributed by atoms with Crippen LogP contribution in [0.4, 0.5) is 5.69 Å². The van der Waals surface area contributed by atoms with Gasteiger partial charge in [0.1, 0.15) is 0 Å². The van der Waals surface area contributed by atoms with Crippen molar-refractivity contribution in [1.29, 1.82) is 5.26 Å². The van der Waals surface area contributed by atoms with Crippen LogP contribution in [0.25, 0.3) is 0 Å². The van der Waals surface area contributed by atoms with Gasteiger partial charge in [0, 0.05) is 12.7 Å². The fourth-order valence-electron chi connectivity index (χ4n) is 1.72. The van der Waals surface area contributed by atoms with Crippen LogP contribution >= 0.6 is 0 Å². The highest BCUT2D eigenvalue weighted by Crippen LogP contribution is 2.16. The lowest BCUT2D eigenvalue weighted by molar-refractivity contribution is 0.0601. The van der Waals surface area contributed by atoms with Gasteiger partial charge in [-0.05, 0) is 23.8 Å². The number of pyridine rings is 1. The Balaban J connectivity index is 2.10. The summed E-state index contributed by atoms with van der Waals surface area (Å²) in [5.41, 5.74) is 2.67. The Labute approximate surface area is 116 Å². The van der Waals surface area contributed by atoms with Crippen LogP contribution < -0.4 is 5.32 Å². The molecule has 0 spiro atoms. The number of anilines is 1. The molecule has 0 aliphatic carbocycles. The summed E-state index contributed by atoms with van der Waals surface area (Å²) in [5, 5.41) is 11.9. The molecule has 2 rings (SSSR count). The molecular formula is C15H13N3O2. The maximum Gasteiger partial charge on any atom is 0.340 e. The molecule has 100 valence electrons. The Morgan fingerprint density at radius 3 is 2.75 bits per heavy atom. The molecular weight excluding hydrogens is 254 g/mol. The minimum Gasteiger partial charge on any atom is -0.465 e. The largest absolute Gasteiger partial charge is 0.465 e. The highest BCUT2D eigenvalue weighted by atomic mass is 16.5. The van der Waals surface area contributed by atoms with Crippen molar-refractivity contribution in [1.82, 2.24) is 4.98 Å². The van der Waals surface area contributed by atoms with E-state index in [0.29, 0.717) is 23.4 Å². The van der Waals surface area contributed by atoms with E-state index >= 15 is 0 Å². The first-order chi connectivity index (χ1) is 9.74. The number of aromatic nitrogens is 1. The number of hydrogen-bond donors (Lipinski definition) is 1. The fourth-order valence-corrected chi connectivity index (χ4v) is 1.72. The van der Waals surface area contributed by atoms with E-state index in [2.05, 4.69) is 16.4 Å². The third kappa shape index (κ3) is 3.12. The van der Waals surface area contributed by atoms with Crippen LogP contribution in [0, 0.1) is 11.3 Å². The number of nitrogens with one attached hydrogen (secondary N) is 1. The molecule has 0 fully saturated rings. The number of nitrogens with zero attached hydrogens (tertiary/aromatic N) is 2. The molecule has 5 nitrogen and oxygen atoms in total. The molecule has 0 atom stereocenters. The number of methoxy groups -OCH3 is 1. The second kappa shape index (κ2) is 6.34. The van der Waals surface area contributed by atoms with Crippen LogP contribution in [0.15, 0.2) is 42.7 Å². The number of carbonyl (C=O) groups is 1. The minimum absolute atomic E-state index is 0.408. The third-order valence-electron chi connectivity index (χ3n) is 2.79. The minimum atomic E-state index is -0.408. The van der Waals surface area contributed by atoms with E-state index in [0.717, 1.165) is 5.56 Å². The second-order valence-corrected chi connectivity index (χ2v) is 4.08. The second-order valence-electron chi connectivity index (χ2n) is 4.08. The summed E-state index contributed by atoms with van der Waals surface area (Å²) in [7, 11) is 1.34. The molecule has 0 radical (unpaired) electrons. The van der Waals surface area contributed by atoms with Crippen LogP contribution in [-0.2, 0) is 11.3 Å². The van der Waals surface area contributed by atoms with Crippen molar-refractivity contribution in [2.24, 2.45) is 0 Å². The normalized spacial score (nSPS) is 9.60. The molecule has 0 unspecified atom stereocenters. The first-order valence-electron chi connectivity index (χ1n) is 6.00. The van der Waals surface area contributed by atoms with Gasteiger partial charge < -0.3 is 10.1 Å². The van der Waals surface area contributed by atoms with E-state index in [1.54, 1.807) is 30.6 Å². The molecule has 2 aromatic rings. The van der Waals surface area contributed by atoms with E-state index < -0.39 is 5.97 Å². The Bertz CT molecular complexity index is 645. The zero-order valence-electron chi connectivity index (χ0n) is 11.0. The van der Waals surface area contributed by atoms with E-state index in [4.69, 9.17) is 10.00 Å². The van der Waals surface area contributed by atoms with Gasteiger partial charge in [0.15, 0.2) is 0 Å². The average molecular weight is 267 g/mol. The molecule has 0 saturated heterocycles. The average Bonchev–Trinajstić information content (AvgIpc) is 2.53. The SMILES string of the molecule is COC(=O)c1ccncc1NCc1ccc(C#N)cc1. The Morgan fingerprint density at radius 1 is 1.35 bits per heavy atom. The molecule has 0 bridgehead atoms. The van der Waals surface area contributed by atoms with Gasteiger partial charge in [-0.1, -0.05) is 12.1 Å². The summed E-state index contributed by atoms with van der Waals surface area (Å²) in [6.45, 7) is 0.529. The molecule has 0 aliphatic heterocycles. The predicted molar refractivity (Wildman–Crippen MR) is 74.1 cm³/mol. The Hall–Kier alpha value is -2.87. The summed E-state index contributed by atoms with van der Waals surface area (Å²) in [6, 6.07) is 10.9. The predicted octanol–water partition coefficient (Wildman–Crippen LogP) is 2.35. The van der Waals surface area contributed by atoms with Gasteiger partial charge in [-0.2, -0.15) is 5.26 Å². The molecule has 0 aliphatic rings. The monoisotopic (exact) mass is 267 g/mol. The number of ether oxygens (including phenoxy) is 1. The highest BCUT2D eigenvalue weighted by Gasteiger charge is 2.10. The Kier molecular flexibility index (Phi) is 4.30. The fraction of sp³-hybridized carbons (Fsp3) is 0.133. The lowest BCUT2D eigenvalue weighted by Crippen LogP contribution is -2.08. The van der Waals surface area contributed by atoms with E-state index in [9.17, 15) is 4.79 Å². The van der Waals surface area contributed by atoms with Crippen molar-refractivity contribution in [3.05, 3.63) is 59.4 Å². The summed E-state index contributed by atoms with van der Waals surface area (Å²) >= 11 is 0. The maximum absolute atomic E-state index is 11.6. The molecule has 1 aromatic heterocycles. The van der Waals surface area contributed by atoms with Crippen LogP contribution in [-0.4, -0.2) is 18.1 Å². The van der Waals surface area contributed by atoms with Crippen molar-refractivity contribution in [2.45, 2.75) is 6.54 Å². The van der Waals surface area contributed by atoms with E-state index in [-0.39, 0.29) is 0 Å². The number of nitriles is 1. The number of esters is 1. The molecule has 0 saturated carbocycles. The zero-order valence-corrected chi connectivity index (χ0v) is 11.0. The summed E-state index contributed by atoms with van der Waals surface area (Å²) in [6.07, 6.45) is 3.12. The van der Waals surface area contributed by atoms with Crippen molar-refractivity contribution in [3.8, 4) is 6.07 Å². The van der Waals surface area contributed by atoms with E-state index in [1.165, 1.54) is 7.11 Å². The smallest absolute Gasteiger partial charge is 0.340 e.